The van der Waals surface area contributed by atoms with Crippen LogP contribution in [0, 0.1) is 31.1 Å². The van der Waals surface area contributed by atoms with Crippen LogP contribution in [-0.2, 0) is 28.8 Å². The van der Waals surface area contributed by atoms with Gasteiger partial charge in [0.25, 0.3) is 0 Å². The van der Waals surface area contributed by atoms with Crippen LogP contribution in [0.25, 0.3) is 0 Å². The third-order valence-electron chi connectivity index (χ3n) is 10.1. The number of hydrogen-bond acceptors (Lipinski definition) is 9. The molecule has 288 valence electrons. The van der Waals surface area contributed by atoms with E-state index < -0.39 is 58.6 Å². The molecule has 12 heteroatoms. The summed E-state index contributed by atoms with van der Waals surface area (Å²) >= 11 is 0. The molecule has 1 spiro atoms. The van der Waals surface area contributed by atoms with Crippen molar-refractivity contribution < 1.29 is 38.3 Å². The van der Waals surface area contributed by atoms with Crippen molar-refractivity contribution in [3.05, 3.63) is 28.8 Å². The van der Waals surface area contributed by atoms with E-state index in [1.807, 2.05) is 81.4 Å². The number of carbonyl (C=O) groups excluding carboxylic acids is 5. The van der Waals surface area contributed by atoms with Crippen LogP contribution in [-0.4, -0.2) is 83.1 Å². The van der Waals surface area contributed by atoms with E-state index in [0.717, 1.165) is 35.3 Å². The first-order valence-corrected chi connectivity index (χ1v) is 19.0. The molecule has 3 amide bonds. The van der Waals surface area contributed by atoms with Crippen LogP contribution >= 0.6 is 0 Å². The van der Waals surface area contributed by atoms with Crippen molar-refractivity contribution in [2.45, 2.75) is 150 Å². The van der Waals surface area contributed by atoms with Gasteiger partial charge in [0.2, 0.25) is 23.4 Å². The molecule has 0 radical (unpaired) electrons. The molecule has 2 N–H and O–H groups in total. The van der Waals surface area contributed by atoms with Gasteiger partial charge in [0.05, 0.1) is 24.9 Å². The summed E-state index contributed by atoms with van der Waals surface area (Å²) in [4.78, 5) is 75.7. The molecule has 2 aliphatic heterocycles. The van der Waals surface area contributed by atoms with Crippen molar-refractivity contribution in [3.63, 3.8) is 0 Å². The van der Waals surface area contributed by atoms with Crippen molar-refractivity contribution in [1.29, 1.82) is 0 Å². The highest BCUT2D eigenvalue weighted by Gasteiger charge is 2.56. The number of ketones is 2. The summed E-state index contributed by atoms with van der Waals surface area (Å²) < 4.78 is 11.4. The molecule has 2 fully saturated rings. The van der Waals surface area contributed by atoms with Gasteiger partial charge in [-0.25, -0.2) is 4.79 Å². The van der Waals surface area contributed by atoms with Crippen molar-refractivity contribution in [2.24, 2.45) is 22.4 Å². The first-order chi connectivity index (χ1) is 24.4. The Morgan fingerprint density at radius 1 is 1.04 bits per heavy atom. The minimum absolute atomic E-state index is 0.0198. The third-order valence-corrected chi connectivity index (χ3v) is 10.1. The normalized spacial score (nSPS) is 21.6. The van der Waals surface area contributed by atoms with Gasteiger partial charge < -0.3 is 29.8 Å². The molecule has 2 heterocycles. The number of rotatable bonds is 16. The van der Waals surface area contributed by atoms with Crippen LogP contribution in [0.5, 0.6) is 5.75 Å². The van der Waals surface area contributed by atoms with Crippen LogP contribution in [0.1, 0.15) is 123 Å². The van der Waals surface area contributed by atoms with Crippen molar-refractivity contribution >= 4 is 35.2 Å². The molecule has 3 aliphatic rings. The second-order valence-electron chi connectivity index (χ2n) is 16.6. The lowest BCUT2D eigenvalue weighted by Crippen LogP contribution is -2.59. The first-order valence-electron chi connectivity index (χ1n) is 19.0. The fourth-order valence-corrected chi connectivity index (χ4v) is 7.34. The van der Waals surface area contributed by atoms with Gasteiger partial charge in [0.15, 0.2) is 5.60 Å². The Kier molecular flexibility index (Phi) is 13.2. The van der Waals surface area contributed by atoms with E-state index in [4.69, 9.17) is 14.3 Å². The number of benzene rings is 1. The quantitative estimate of drug-likeness (QED) is 0.198. The summed E-state index contributed by atoms with van der Waals surface area (Å²) in [6.07, 6.45) is 2.91. The van der Waals surface area contributed by atoms with Gasteiger partial charge in [-0.2, -0.15) is 0 Å². The Morgan fingerprint density at radius 3 is 2.25 bits per heavy atom. The number of amides is 3. The summed E-state index contributed by atoms with van der Waals surface area (Å²) in [5.74, 6) is -0.756. The number of Topliss-reactive ketones (excluding diaryl/α,β-unsaturated/α-hetero) is 2. The van der Waals surface area contributed by atoms with E-state index in [2.05, 4.69) is 15.8 Å². The van der Waals surface area contributed by atoms with Gasteiger partial charge in [-0.3, -0.25) is 19.2 Å². The summed E-state index contributed by atoms with van der Waals surface area (Å²) in [5.41, 5.74) is 1.65. The van der Waals surface area contributed by atoms with Gasteiger partial charge in [0, 0.05) is 24.8 Å². The Hall–Kier alpha value is -3.96. The first kappa shape index (κ1) is 40.8. The van der Waals surface area contributed by atoms with Crippen LogP contribution < -0.4 is 15.4 Å². The van der Waals surface area contributed by atoms with Gasteiger partial charge in [-0.05, 0) is 93.9 Å². The molecule has 0 bridgehead atoms. The van der Waals surface area contributed by atoms with Crippen LogP contribution in [0.3, 0.4) is 0 Å². The molecule has 0 aromatic heterocycles. The van der Waals surface area contributed by atoms with Crippen molar-refractivity contribution in [2.75, 3.05) is 13.2 Å². The van der Waals surface area contributed by atoms with Crippen LogP contribution in [0.4, 0.5) is 4.79 Å². The monoisotopic (exact) mass is 724 g/mol. The minimum atomic E-state index is -1.06. The maximum atomic E-state index is 14.6. The fraction of sp³-hybridized carbons (Fsp3) is 0.700. The van der Waals surface area contributed by atoms with Gasteiger partial charge in [-0.15, -0.1) is 0 Å². The molecule has 52 heavy (non-hydrogen) atoms. The predicted molar refractivity (Wildman–Crippen MR) is 198 cm³/mol. The standard InChI is InChI=1S/C40H60N4O8/c1-11-13-29(33(46)32(45)19-27-14-15-27)41-36(47)31-21-40(20-30(43-52-40)28-17-24(5)34(50-12-2)25(6)18-28)22-44(31)37(48)35(39(8,9)10)42-38(49)51-26(7)16-23(3)4/h17-18,23,26-27,29,31,35H,11-16,19-22H2,1-10H3,(H,41,47)(H,42,49)/t26-,29-,31-,35+,40+/m0/s1. The van der Waals surface area contributed by atoms with E-state index >= 15 is 0 Å². The molecule has 1 saturated heterocycles. The number of alkyl carbamates (subject to hydrolysis) is 1. The maximum absolute atomic E-state index is 14.6. The van der Waals surface area contributed by atoms with E-state index in [0.29, 0.717) is 43.9 Å². The van der Waals surface area contributed by atoms with Crippen molar-refractivity contribution in [1.82, 2.24) is 15.5 Å². The lowest BCUT2D eigenvalue weighted by molar-refractivity contribution is -0.144. The Morgan fingerprint density at radius 2 is 1.69 bits per heavy atom. The third kappa shape index (κ3) is 10.1. The highest BCUT2D eigenvalue weighted by Crippen LogP contribution is 2.41. The zero-order valence-electron chi connectivity index (χ0n) is 32.9. The number of nitrogens with zero attached hydrogens (tertiary/aromatic N) is 2. The molecule has 1 aromatic rings. The maximum Gasteiger partial charge on any atom is 0.408 e. The van der Waals surface area contributed by atoms with Gasteiger partial charge in [-0.1, -0.05) is 53.1 Å². The highest BCUT2D eigenvalue weighted by molar-refractivity contribution is 6.39. The van der Waals surface area contributed by atoms with Crippen molar-refractivity contribution in [3.8, 4) is 5.75 Å². The number of likely N-dealkylation sites (tertiary alicyclic amines) is 1. The molecule has 0 unspecified atom stereocenters. The average Bonchev–Trinajstić information content (AvgIpc) is 3.64. The average molecular weight is 725 g/mol. The Balaban J connectivity index is 1.63. The summed E-state index contributed by atoms with van der Waals surface area (Å²) in [6.45, 7) is 19.7. The summed E-state index contributed by atoms with van der Waals surface area (Å²) in [5, 5.41) is 10.1. The number of nitrogens with one attached hydrogen (secondary N) is 2. The zero-order valence-corrected chi connectivity index (χ0v) is 32.9. The SMILES string of the molecule is CCC[C@H](NC(=O)[C@@H]1C[C@]2(CC(c3cc(C)c(OCC)c(C)c3)=NO2)CN1C(=O)[C@@H](NC(=O)O[C@@H](C)CC(C)C)C(C)(C)C)C(=O)C(=O)CC1CC1. The lowest BCUT2D eigenvalue weighted by atomic mass is 9.85. The lowest BCUT2D eigenvalue weighted by Gasteiger charge is -2.35. The van der Waals surface area contributed by atoms with Gasteiger partial charge in [0.1, 0.15) is 23.9 Å². The molecule has 1 aliphatic carbocycles. The fourth-order valence-electron chi connectivity index (χ4n) is 7.34. The Labute approximate surface area is 309 Å². The topological polar surface area (TPSA) is 153 Å². The second-order valence-corrected chi connectivity index (χ2v) is 16.6. The minimum Gasteiger partial charge on any atom is -0.493 e. The van der Waals surface area contributed by atoms with E-state index in [9.17, 15) is 24.0 Å². The number of oxime groups is 1. The van der Waals surface area contributed by atoms with Crippen LogP contribution in [0.2, 0.25) is 0 Å². The van der Waals surface area contributed by atoms with E-state index in [-0.39, 0.29) is 31.4 Å². The number of hydrogen-bond donors (Lipinski definition) is 2. The molecule has 1 saturated carbocycles. The number of aryl methyl sites for hydroxylation is 2. The predicted octanol–water partition coefficient (Wildman–Crippen LogP) is 5.96. The van der Waals surface area contributed by atoms with E-state index in [1.54, 1.807) is 0 Å². The molecular formula is C40H60N4O8. The number of carbonyl (C=O) groups is 5. The molecular weight excluding hydrogens is 664 g/mol. The molecule has 5 atom stereocenters. The zero-order chi connectivity index (χ0) is 38.5. The summed E-state index contributed by atoms with van der Waals surface area (Å²) in [6, 6.07) is 0.873. The number of ether oxygens (including phenoxy) is 2. The molecule has 1 aromatic carbocycles. The molecule has 4 rings (SSSR count). The van der Waals surface area contributed by atoms with Crippen LogP contribution in [0.15, 0.2) is 17.3 Å². The van der Waals surface area contributed by atoms with E-state index in [1.165, 1.54) is 4.90 Å². The van der Waals surface area contributed by atoms with Gasteiger partial charge >= 0.3 is 6.09 Å². The second kappa shape index (κ2) is 16.8. The largest absolute Gasteiger partial charge is 0.493 e. The molecule has 12 nitrogen and oxygen atoms in total. The highest BCUT2D eigenvalue weighted by atomic mass is 16.7. The summed E-state index contributed by atoms with van der Waals surface area (Å²) in [7, 11) is 0. The Bertz CT molecular complexity index is 1520. The smallest absolute Gasteiger partial charge is 0.408 e.